The molecule has 0 aromatic carbocycles. The van der Waals surface area contributed by atoms with Crippen molar-refractivity contribution in [2.24, 2.45) is 0 Å². The van der Waals surface area contributed by atoms with Crippen LogP contribution >= 0.6 is 11.6 Å². The highest BCUT2D eigenvalue weighted by Crippen LogP contribution is 2.56. The van der Waals surface area contributed by atoms with E-state index < -0.39 is 47.8 Å². The average Bonchev–Trinajstić information content (AvgIpc) is 2.32. The standard InChI is InChI=1S/C8HClF16O3/c9-1(10,3(13,14)15)5(18,19)27-6(20,21)2(11,12)7(22,23)28-8(24,25)4(16,17)26/h26H. The first-order valence-electron chi connectivity index (χ1n) is 5.50. The van der Waals surface area contributed by atoms with Crippen molar-refractivity contribution in [3.8, 4) is 0 Å². The molecule has 20 heteroatoms. The molecule has 0 aliphatic rings. The summed E-state index contributed by atoms with van der Waals surface area (Å²) in [7, 11) is 0. The predicted octanol–water partition coefficient (Wildman–Crippen LogP) is 5.08. The second-order valence-corrected chi connectivity index (χ2v) is 4.98. The summed E-state index contributed by atoms with van der Waals surface area (Å²) in [5, 5.41) is 0.704. The fourth-order valence-corrected chi connectivity index (χ4v) is 0.949. The summed E-state index contributed by atoms with van der Waals surface area (Å²) in [6.07, 6.45) is -43.5. The van der Waals surface area contributed by atoms with Gasteiger partial charge in [-0.15, -0.1) is 0 Å². The maximum absolute atomic E-state index is 12.9. The summed E-state index contributed by atoms with van der Waals surface area (Å²) < 4.78 is 202. The monoisotopic (exact) mass is 484 g/mol. The summed E-state index contributed by atoms with van der Waals surface area (Å²) in [5.74, 6) is -7.89. The SMILES string of the molecule is OC(F)(F)C(F)(F)OC(F)(F)C(F)(F)C(F)(F)OC(F)(F)C(F)(Cl)C(F)(F)F. The van der Waals surface area contributed by atoms with Crippen LogP contribution in [0, 0.1) is 0 Å². The molecule has 0 rings (SSSR count). The molecule has 0 fully saturated rings. The topological polar surface area (TPSA) is 38.7 Å². The molecule has 170 valence electrons. The molecule has 1 unspecified atom stereocenters. The predicted molar refractivity (Wildman–Crippen MR) is 49.8 cm³/mol. The van der Waals surface area contributed by atoms with Gasteiger partial charge in [0.1, 0.15) is 0 Å². The van der Waals surface area contributed by atoms with E-state index in [0.717, 1.165) is 0 Å². The first-order valence-corrected chi connectivity index (χ1v) is 5.88. The second kappa shape index (κ2) is 6.79. The molecule has 0 saturated carbocycles. The number of aliphatic hydroxyl groups is 1. The molecule has 1 atom stereocenters. The molecule has 0 radical (unpaired) electrons. The minimum atomic E-state index is -7.89. The number of alkyl halides is 17. The fourth-order valence-electron chi connectivity index (χ4n) is 0.910. The number of rotatable bonds is 8. The van der Waals surface area contributed by atoms with Crippen molar-refractivity contribution >= 4 is 11.6 Å². The highest BCUT2D eigenvalue weighted by atomic mass is 35.5. The Hall–Kier alpha value is -0.950. The lowest BCUT2D eigenvalue weighted by Crippen LogP contribution is -2.64. The van der Waals surface area contributed by atoms with Crippen molar-refractivity contribution in [3.63, 3.8) is 0 Å². The molecule has 0 spiro atoms. The van der Waals surface area contributed by atoms with E-state index in [2.05, 4.69) is 11.6 Å². The van der Waals surface area contributed by atoms with Crippen LogP contribution in [0.1, 0.15) is 0 Å². The highest BCUT2D eigenvalue weighted by molar-refractivity contribution is 6.24. The van der Waals surface area contributed by atoms with Gasteiger partial charge in [0.25, 0.3) is 0 Å². The average molecular weight is 485 g/mol. The molecular weight excluding hydrogens is 484 g/mol. The molecule has 0 amide bonds. The Kier molecular flexibility index (Phi) is 6.56. The van der Waals surface area contributed by atoms with Crippen LogP contribution in [0.2, 0.25) is 0 Å². The van der Waals surface area contributed by atoms with Crippen molar-refractivity contribution in [2.45, 2.75) is 47.8 Å². The molecule has 0 bridgehead atoms. The molecule has 0 aliphatic heterocycles. The lowest BCUT2D eigenvalue weighted by Gasteiger charge is -2.37. The van der Waals surface area contributed by atoms with Crippen molar-refractivity contribution in [1.82, 2.24) is 0 Å². The Morgan fingerprint density at radius 1 is 0.500 bits per heavy atom. The Morgan fingerprint density at radius 3 is 1.04 bits per heavy atom. The first-order chi connectivity index (χ1) is 11.7. The van der Waals surface area contributed by atoms with E-state index in [1.54, 1.807) is 0 Å². The van der Waals surface area contributed by atoms with Gasteiger partial charge in [-0.3, -0.25) is 0 Å². The minimum Gasteiger partial charge on any atom is -0.329 e. The van der Waals surface area contributed by atoms with Gasteiger partial charge in [-0.1, -0.05) is 11.6 Å². The van der Waals surface area contributed by atoms with E-state index in [0.29, 0.717) is 0 Å². The number of ether oxygens (including phenoxy) is 2. The Labute approximate surface area is 145 Å². The molecule has 0 aliphatic carbocycles. The summed E-state index contributed by atoms with van der Waals surface area (Å²) >= 11 is 3.52. The number of hydrogen-bond donors (Lipinski definition) is 1. The van der Waals surface area contributed by atoms with Crippen LogP contribution in [0.15, 0.2) is 0 Å². The summed E-state index contributed by atoms with van der Waals surface area (Å²) in [6.45, 7) is 0. The first kappa shape index (κ1) is 27.0. The van der Waals surface area contributed by atoms with E-state index in [4.69, 9.17) is 5.11 Å². The quantitative estimate of drug-likeness (QED) is 0.386. The van der Waals surface area contributed by atoms with E-state index >= 15 is 0 Å². The van der Waals surface area contributed by atoms with Crippen LogP contribution in [0.3, 0.4) is 0 Å². The molecule has 0 heterocycles. The zero-order valence-corrected chi connectivity index (χ0v) is 12.4. The number of hydrogen-bond acceptors (Lipinski definition) is 3. The van der Waals surface area contributed by atoms with Crippen LogP contribution in [0.5, 0.6) is 0 Å². The van der Waals surface area contributed by atoms with E-state index in [1.807, 2.05) is 0 Å². The van der Waals surface area contributed by atoms with Crippen LogP contribution in [0.25, 0.3) is 0 Å². The van der Waals surface area contributed by atoms with Gasteiger partial charge >= 0.3 is 47.8 Å². The molecule has 3 nitrogen and oxygen atoms in total. The van der Waals surface area contributed by atoms with Gasteiger partial charge in [0.05, 0.1) is 0 Å². The third-order valence-electron chi connectivity index (χ3n) is 2.32. The molecular formula is C8HClF16O3. The molecule has 28 heavy (non-hydrogen) atoms. The molecule has 0 aromatic heterocycles. The summed E-state index contributed by atoms with van der Waals surface area (Å²) in [4.78, 5) is 0. The molecule has 0 aromatic rings. The zero-order valence-electron chi connectivity index (χ0n) is 11.7. The van der Waals surface area contributed by atoms with Gasteiger partial charge in [-0.25, -0.2) is 13.9 Å². The minimum absolute atomic E-state index is 1.34. The zero-order chi connectivity index (χ0) is 23.4. The Morgan fingerprint density at radius 2 is 0.786 bits per heavy atom. The third kappa shape index (κ3) is 4.61. The van der Waals surface area contributed by atoms with Crippen LogP contribution in [0.4, 0.5) is 70.2 Å². The summed E-state index contributed by atoms with van der Waals surface area (Å²) in [5.41, 5.74) is 0. The van der Waals surface area contributed by atoms with Crippen molar-refractivity contribution < 1.29 is 84.8 Å². The maximum atomic E-state index is 12.9. The van der Waals surface area contributed by atoms with Crippen LogP contribution in [-0.2, 0) is 9.47 Å². The fraction of sp³-hybridized carbons (Fsp3) is 1.00. The van der Waals surface area contributed by atoms with Crippen LogP contribution in [-0.4, -0.2) is 52.9 Å². The van der Waals surface area contributed by atoms with Crippen molar-refractivity contribution in [3.05, 3.63) is 0 Å². The lowest BCUT2D eigenvalue weighted by molar-refractivity contribution is -0.542. The number of halogens is 17. The van der Waals surface area contributed by atoms with Gasteiger partial charge < -0.3 is 5.11 Å². The van der Waals surface area contributed by atoms with Crippen LogP contribution < -0.4 is 0 Å². The third-order valence-corrected chi connectivity index (χ3v) is 2.75. The normalized spacial score (nSPS) is 18.2. The maximum Gasteiger partial charge on any atom is 0.452 e. The van der Waals surface area contributed by atoms with Gasteiger partial charge in [0.15, 0.2) is 0 Å². The Bertz CT molecular complexity index is 563. The van der Waals surface area contributed by atoms with E-state index in [9.17, 15) is 70.2 Å². The van der Waals surface area contributed by atoms with Gasteiger partial charge in [0, 0.05) is 0 Å². The van der Waals surface area contributed by atoms with E-state index in [-0.39, 0.29) is 0 Å². The van der Waals surface area contributed by atoms with E-state index in [1.165, 1.54) is 9.47 Å². The largest absolute Gasteiger partial charge is 0.452 e. The van der Waals surface area contributed by atoms with Gasteiger partial charge in [-0.05, 0) is 0 Å². The Balaban J connectivity index is 6.00. The van der Waals surface area contributed by atoms with Crippen molar-refractivity contribution in [2.75, 3.05) is 0 Å². The summed E-state index contributed by atoms with van der Waals surface area (Å²) in [6, 6.07) is 0. The molecule has 1 N–H and O–H groups in total. The van der Waals surface area contributed by atoms with Gasteiger partial charge in [0.2, 0.25) is 0 Å². The molecule has 0 saturated heterocycles. The van der Waals surface area contributed by atoms with Gasteiger partial charge in [-0.2, -0.15) is 65.9 Å². The lowest BCUT2D eigenvalue weighted by atomic mass is 10.2. The van der Waals surface area contributed by atoms with Crippen molar-refractivity contribution in [1.29, 1.82) is 0 Å². The smallest absolute Gasteiger partial charge is 0.329 e. The second-order valence-electron chi connectivity index (χ2n) is 4.46. The highest BCUT2D eigenvalue weighted by Gasteiger charge is 2.83.